The number of H-pyrrole nitrogens is 1. The van der Waals surface area contributed by atoms with E-state index < -0.39 is 11.9 Å². The lowest BCUT2D eigenvalue weighted by Crippen LogP contribution is -2.30. The maximum atomic E-state index is 13.1. The van der Waals surface area contributed by atoms with Crippen molar-refractivity contribution in [1.29, 1.82) is 0 Å². The third-order valence-corrected chi connectivity index (χ3v) is 5.75. The quantitative estimate of drug-likeness (QED) is 0.271. The highest BCUT2D eigenvalue weighted by molar-refractivity contribution is 6.30. The van der Waals surface area contributed by atoms with Crippen LogP contribution in [0.15, 0.2) is 42.6 Å². The van der Waals surface area contributed by atoms with Gasteiger partial charge in [-0.15, -0.1) is 15.3 Å². The molecule has 0 aliphatic carbocycles. The van der Waals surface area contributed by atoms with E-state index in [0.29, 0.717) is 28.0 Å². The number of carbonyl (C=O) groups is 1. The van der Waals surface area contributed by atoms with E-state index in [2.05, 4.69) is 46.1 Å². The largest absolute Gasteiger partial charge is 0.382 e. The van der Waals surface area contributed by atoms with E-state index in [-0.39, 0.29) is 11.5 Å². The molecule has 4 aromatic heterocycles. The first kappa shape index (κ1) is 23.2. The van der Waals surface area contributed by atoms with E-state index in [9.17, 15) is 4.79 Å². The summed E-state index contributed by atoms with van der Waals surface area (Å²) in [6.07, 6.45) is 1.52. The Labute approximate surface area is 210 Å². The van der Waals surface area contributed by atoms with E-state index in [0.717, 1.165) is 22.6 Å². The lowest BCUT2D eigenvalue weighted by atomic mass is 10.1. The number of benzene rings is 1. The summed E-state index contributed by atoms with van der Waals surface area (Å²) < 4.78 is 1.56. The topological polar surface area (TPSA) is 165 Å². The number of aromatic amines is 1. The summed E-state index contributed by atoms with van der Waals surface area (Å²) in [4.78, 5) is 21.7. The minimum absolute atomic E-state index is 0.00411. The van der Waals surface area contributed by atoms with Gasteiger partial charge in [0.1, 0.15) is 0 Å². The summed E-state index contributed by atoms with van der Waals surface area (Å²) in [5.41, 5.74) is 10.1. The fraction of sp³-hybridized carbons (Fsp3) is 0.174. The molecule has 0 saturated heterocycles. The van der Waals surface area contributed by atoms with E-state index in [1.807, 2.05) is 26.0 Å². The number of hydrogen-bond acceptors (Lipinski definition) is 9. The molecule has 5 N–H and O–H groups in total. The van der Waals surface area contributed by atoms with Gasteiger partial charge in [-0.25, -0.2) is 9.97 Å². The predicted molar refractivity (Wildman–Crippen MR) is 135 cm³/mol. The molecule has 0 aliphatic heterocycles. The van der Waals surface area contributed by atoms with Crippen LogP contribution in [0.5, 0.6) is 0 Å². The van der Waals surface area contributed by atoms with Crippen LogP contribution >= 0.6 is 11.6 Å². The second-order valence-electron chi connectivity index (χ2n) is 8.18. The van der Waals surface area contributed by atoms with Crippen molar-refractivity contribution in [2.45, 2.75) is 26.8 Å². The molecule has 5 rings (SSSR count). The molecule has 0 aliphatic rings. The van der Waals surface area contributed by atoms with Crippen molar-refractivity contribution in [3.63, 3.8) is 0 Å². The lowest BCUT2D eigenvalue weighted by molar-refractivity contribution is 0.0933. The summed E-state index contributed by atoms with van der Waals surface area (Å²) in [5, 5.41) is 26.7. The SMILES string of the molecule is Cc1n[nH]c(C)c1-c1cnc(N)c(C(=O)N[C@H](C)c2nnc3ccc(Nc4cccc(Cl)c4)nn23)n1. The zero-order valence-electron chi connectivity index (χ0n) is 19.6. The zero-order valence-corrected chi connectivity index (χ0v) is 20.4. The van der Waals surface area contributed by atoms with Gasteiger partial charge in [-0.3, -0.25) is 9.89 Å². The molecule has 36 heavy (non-hydrogen) atoms. The van der Waals surface area contributed by atoms with Gasteiger partial charge < -0.3 is 16.4 Å². The summed E-state index contributed by atoms with van der Waals surface area (Å²) in [6, 6.07) is 10.3. The highest BCUT2D eigenvalue weighted by Gasteiger charge is 2.22. The van der Waals surface area contributed by atoms with Crippen molar-refractivity contribution in [3.8, 4) is 11.3 Å². The van der Waals surface area contributed by atoms with Gasteiger partial charge >= 0.3 is 0 Å². The van der Waals surface area contributed by atoms with Crippen LogP contribution < -0.4 is 16.4 Å². The van der Waals surface area contributed by atoms with Gasteiger partial charge in [0.2, 0.25) is 0 Å². The van der Waals surface area contributed by atoms with Crippen molar-refractivity contribution < 1.29 is 4.79 Å². The Morgan fingerprint density at radius 3 is 2.78 bits per heavy atom. The number of amides is 1. The fourth-order valence-electron chi connectivity index (χ4n) is 3.80. The number of rotatable bonds is 6. The minimum atomic E-state index is -0.566. The molecule has 0 bridgehead atoms. The highest BCUT2D eigenvalue weighted by Crippen LogP contribution is 2.25. The normalized spacial score (nSPS) is 12.0. The van der Waals surface area contributed by atoms with Crippen molar-refractivity contribution >= 4 is 40.5 Å². The van der Waals surface area contributed by atoms with E-state index in [4.69, 9.17) is 17.3 Å². The van der Waals surface area contributed by atoms with Crippen LogP contribution in [-0.2, 0) is 0 Å². The summed E-state index contributed by atoms with van der Waals surface area (Å²) >= 11 is 6.07. The number of aryl methyl sites for hydroxylation is 2. The molecule has 1 atom stereocenters. The number of carbonyl (C=O) groups excluding carboxylic acids is 1. The van der Waals surface area contributed by atoms with Crippen molar-refractivity contribution in [3.05, 3.63) is 70.5 Å². The molecule has 182 valence electrons. The number of aromatic nitrogens is 8. The number of nitrogen functional groups attached to an aromatic ring is 1. The molecule has 5 aromatic rings. The molecular weight excluding hydrogens is 482 g/mol. The van der Waals surface area contributed by atoms with E-state index in [1.54, 1.807) is 35.7 Å². The highest BCUT2D eigenvalue weighted by atomic mass is 35.5. The van der Waals surface area contributed by atoms with Crippen molar-refractivity contribution in [2.24, 2.45) is 0 Å². The van der Waals surface area contributed by atoms with Crippen LogP contribution in [-0.4, -0.2) is 45.9 Å². The second-order valence-corrected chi connectivity index (χ2v) is 8.61. The molecular formula is C23H22ClN11O. The summed E-state index contributed by atoms with van der Waals surface area (Å²) in [5.74, 6) is 0.493. The smallest absolute Gasteiger partial charge is 0.274 e. The maximum absolute atomic E-state index is 13.1. The van der Waals surface area contributed by atoms with Crippen LogP contribution in [0.3, 0.4) is 0 Å². The number of nitrogens with one attached hydrogen (secondary N) is 3. The average Bonchev–Trinajstić information content (AvgIpc) is 3.42. The van der Waals surface area contributed by atoms with Gasteiger partial charge in [-0.1, -0.05) is 17.7 Å². The van der Waals surface area contributed by atoms with Crippen LogP contribution in [0.1, 0.15) is 40.7 Å². The Kier molecular flexibility index (Phi) is 5.94. The molecule has 4 heterocycles. The standard InChI is InChI=1S/C23H22ClN11O/c1-11-19(12(2)31-30-11)16-10-26-21(25)20(29-16)23(36)27-13(3)22-33-32-18-8-7-17(34-35(18)22)28-15-6-4-5-14(24)9-15/h4-10,13H,1-3H3,(H2,25,26)(H,27,36)(H,28,34)(H,30,31)/t13-/m1/s1. The Bertz CT molecular complexity index is 1570. The summed E-state index contributed by atoms with van der Waals surface area (Å²) in [7, 11) is 0. The number of halogens is 1. The molecule has 12 nitrogen and oxygen atoms in total. The van der Waals surface area contributed by atoms with Gasteiger partial charge in [0.05, 0.1) is 23.6 Å². The Morgan fingerprint density at radius 1 is 1.19 bits per heavy atom. The number of hydrogen-bond donors (Lipinski definition) is 4. The molecule has 1 aromatic carbocycles. The second kappa shape index (κ2) is 9.23. The molecule has 1 amide bonds. The zero-order chi connectivity index (χ0) is 25.4. The first-order chi connectivity index (χ1) is 17.3. The molecule has 0 radical (unpaired) electrons. The molecule has 0 saturated carbocycles. The molecule has 0 fully saturated rings. The Hall–Kier alpha value is -4.58. The van der Waals surface area contributed by atoms with Crippen LogP contribution in [0.25, 0.3) is 16.9 Å². The van der Waals surface area contributed by atoms with Gasteiger partial charge in [0.15, 0.2) is 28.8 Å². The number of nitrogens with zero attached hydrogens (tertiary/aromatic N) is 7. The van der Waals surface area contributed by atoms with Gasteiger partial charge in [0, 0.05) is 22.0 Å². The van der Waals surface area contributed by atoms with Gasteiger partial charge in [0.25, 0.3) is 5.91 Å². The first-order valence-electron chi connectivity index (χ1n) is 11.0. The third-order valence-electron chi connectivity index (χ3n) is 5.52. The summed E-state index contributed by atoms with van der Waals surface area (Å²) in [6.45, 7) is 5.48. The number of anilines is 3. The fourth-order valence-corrected chi connectivity index (χ4v) is 3.99. The van der Waals surface area contributed by atoms with Crippen LogP contribution in [0.4, 0.5) is 17.3 Å². The van der Waals surface area contributed by atoms with E-state index in [1.165, 1.54) is 6.20 Å². The van der Waals surface area contributed by atoms with Gasteiger partial charge in [-0.05, 0) is 51.1 Å². The van der Waals surface area contributed by atoms with Crippen molar-refractivity contribution in [2.75, 3.05) is 11.1 Å². The lowest BCUT2D eigenvalue weighted by Gasteiger charge is -2.13. The average molecular weight is 504 g/mol. The maximum Gasteiger partial charge on any atom is 0.274 e. The van der Waals surface area contributed by atoms with Crippen molar-refractivity contribution in [1.82, 2.24) is 45.3 Å². The van der Waals surface area contributed by atoms with Crippen LogP contribution in [0.2, 0.25) is 5.02 Å². The third kappa shape index (κ3) is 4.41. The molecule has 13 heteroatoms. The molecule has 0 unspecified atom stereocenters. The number of nitrogens with two attached hydrogens (primary N) is 1. The minimum Gasteiger partial charge on any atom is -0.382 e. The van der Waals surface area contributed by atoms with Gasteiger partial charge in [-0.2, -0.15) is 9.61 Å². The Balaban J connectivity index is 1.40. The first-order valence-corrected chi connectivity index (χ1v) is 11.4. The Morgan fingerprint density at radius 2 is 2.03 bits per heavy atom. The van der Waals surface area contributed by atoms with Crippen LogP contribution in [0, 0.1) is 13.8 Å². The monoisotopic (exact) mass is 503 g/mol. The number of fused-ring (bicyclic) bond motifs is 1. The van der Waals surface area contributed by atoms with E-state index >= 15 is 0 Å². The predicted octanol–water partition coefficient (Wildman–Crippen LogP) is 3.39. The molecule has 0 spiro atoms.